The van der Waals surface area contributed by atoms with E-state index >= 15 is 0 Å². The molecule has 3 rings (SSSR count). The Morgan fingerprint density at radius 2 is 2.13 bits per heavy atom. The third-order valence-electron chi connectivity index (χ3n) is 3.43. The average molecular weight is 197 g/mol. The van der Waals surface area contributed by atoms with Crippen molar-refractivity contribution in [1.29, 1.82) is 5.41 Å². The second-order valence-corrected chi connectivity index (χ2v) is 4.75. The molecule has 2 aliphatic carbocycles. The Morgan fingerprint density at radius 3 is 2.87 bits per heavy atom. The highest BCUT2D eigenvalue weighted by Crippen LogP contribution is 2.38. The van der Waals surface area contributed by atoms with Gasteiger partial charge in [0.15, 0.2) is 0 Å². The first-order valence-corrected chi connectivity index (χ1v) is 5.63. The Hall–Kier alpha value is -1.37. The van der Waals surface area contributed by atoms with Gasteiger partial charge in [-0.2, -0.15) is 0 Å². The molecule has 15 heavy (non-hydrogen) atoms. The molecule has 0 bridgehead atoms. The van der Waals surface area contributed by atoms with Gasteiger partial charge >= 0.3 is 0 Å². The minimum atomic E-state index is 0.747. The smallest absolute Gasteiger partial charge is 0.0438 e. The molecule has 1 saturated carbocycles. The lowest BCUT2D eigenvalue weighted by atomic mass is 9.98. The normalized spacial score (nSPS) is 19.5. The molecule has 0 spiro atoms. The summed E-state index contributed by atoms with van der Waals surface area (Å²) in [4.78, 5) is 0. The fourth-order valence-electron chi connectivity index (χ4n) is 2.45. The van der Waals surface area contributed by atoms with Gasteiger partial charge in [0.2, 0.25) is 0 Å². The standard InChI is InChI=1S/C14H15N/c1-9-7-13(15)14-11(8-10-5-6-10)3-2-4-12(9)14/h2-4,10,15H,1,5-8H2. The fourth-order valence-corrected chi connectivity index (χ4v) is 2.45. The molecule has 0 radical (unpaired) electrons. The van der Waals surface area contributed by atoms with Crippen molar-refractivity contribution in [1.82, 2.24) is 0 Å². The van der Waals surface area contributed by atoms with E-state index in [9.17, 15) is 0 Å². The van der Waals surface area contributed by atoms with Gasteiger partial charge in [-0.3, -0.25) is 0 Å². The molecule has 1 N–H and O–H groups in total. The Morgan fingerprint density at radius 1 is 1.33 bits per heavy atom. The van der Waals surface area contributed by atoms with Crippen LogP contribution in [0.1, 0.15) is 36.0 Å². The molecular formula is C14H15N. The lowest BCUT2D eigenvalue weighted by molar-refractivity contribution is 0.831. The summed E-state index contributed by atoms with van der Waals surface area (Å²) in [6, 6.07) is 6.40. The van der Waals surface area contributed by atoms with E-state index in [1.807, 2.05) is 0 Å². The maximum atomic E-state index is 8.01. The maximum absolute atomic E-state index is 8.01. The molecule has 0 amide bonds. The quantitative estimate of drug-likeness (QED) is 0.751. The van der Waals surface area contributed by atoms with Crippen LogP contribution in [0.2, 0.25) is 0 Å². The van der Waals surface area contributed by atoms with Gasteiger partial charge in [-0.15, -0.1) is 0 Å². The number of hydrogen-bond acceptors (Lipinski definition) is 1. The summed E-state index contributed by atoms with van der Waals surface area (Å²) < 4.78 is 0. The molecule has 2 aliphatic rings. The van der Waals surface area contributed by atoms with Crippen molar-refractivity contribution in [2.75, 3.05) is 0 Å². The third-order valence-corrected chi connectivity index (χ3v) is 3.43. The van der Waals surface area contributed by atoms with Gasteiger partial charge in [0.05, 0.1) is 0 Å². The van der Waals surface area contributed by atoms with Crippen molar-refractivity contribution in [2.24, 2.45) is 5.92 Å². The first-order chi connectivity index (χ1) is 7.25. The first kappa shape index (κ1) is 8.90. The predicted molar refractivity (Wildman–Crippen MR) is 63.3 cm³/mol. The second-order valence-electron chi connectivity index (χ2n) is 4.75. The van der Waals surface area contributed by atoms with E-state index < -0.39 is 0 Å². The van der Waals surface area contributed by atoms with Crippen LogP contribution in [0.4, 0.5) is 0 Å². The van der Waals surface area contributed by atoms with Gasteiger partial charge in [0.1, 0.15) is 0 Å². The molecule has 1 heteroatoms. The SMILES string of the molecule is C=C1CC(=N)c2c(CC3CC3)cccc21. The van der Waals surface area contributed by atoms with Crippen LogP contribution in [0.5, 0.6) is 0 Å². The number of allylic oxidation sites excluding steroid dienone is 1. The minimum Gasteiger partial charge on any atom is -0.304 e. The second kappa shape index (κ2) is 3.06. The third kappa shape index (κ3) is 1.43. The van der Waals surface area contributed by atoms with Gasteiger partial charge < -0.3 is 5.41 Å². The number of rotatable bonds is 2. The summed E-state index contributed by atoms with van der Waals surface area (Å²) >= 11 is 0. The van der Waals surface area contributed by atoms with Gasteiger partial charge in [-0.1, -0.05) is 24.8 Å². The largest absolute Gasteiger partial charge is 0.304 e. The van der Waals surface area contributed by atoms with Crippen molar-refractivity contribution in [3.63, 3.8) is 0 Å². The van der Waals surface area contributed by atoms with E-state index in [1.165, 1.54) is 36.0 Å². The van der Waals surface area contributed by atoms with Gasteiger partial charge in [-0.25, -0.2) is 0 Å². The van der Waals surface area contributed by atoms with Gasteiger partial charge in [0, 0.05) is 17.7 Å². The highest BCUT2D eigenvalue weighted by Gasteiger charge is 2.27. The molecular weight excluding hydrogens is 182 g/mol. The van der Waals surface area contributed by atoms with Crippen LogP contribution >= 0.6 is 0 Å². The number of benzene rings is 1. The fraction of sp³-hybridized carbons (Fsp3) is 0.357. The van der Waals surface area contributed by atoms with Crippen molar-refractivity contribution in [3.8, 4) is 0 Å². The highest BCUT2D eigenvalue weighted by atomic mass is 14.5. The van der Waals surface area contributed by atoms with Crippen molar-refractivity contribution >= 4 is 11.3 Å². The molecule has 0 unspecified atom stereocenters. The number of nitrogens with one attached hydrogen (secondary N) is 1. The molecule has 0 atom stereocenters. The van der Waals surface area contributed by atoms with Gasteiger partial charge in [0.25, 0.3) is 0 Å². The molecule has 0 aromatic heterocycles. The zero-order valence-corrected chi connectivity index (χ0v) is 8.84. The molecule has 1 fully saturated rings. The van der Waals surface area contributed by atoms with E-state index in [4.69, 9.17) is 5.41 Å². The molecule has 0 heterocycles. The van der Waals surface area contributed by atoms with Crippen molar-refractivity contribution in [3.05, 3.63) is 41.5 Å². The van der Waals surface area contributed by atoms with Crippen LogP contribution in [0.15, 0.2) is 24.8 Å². The van der Waals surface area contributed by atoms with Crippen molar-refractivity contribution in [2.45, 2.75) is 25.7 Å². The summed E-state index contributed by atoms with van der Waals surface area (Å²) in [7, 11) is 0. The zero-order valence-electron chi connectivity index (χ0n) is 8.84. The summed E-state index contributed by atoms with van der Waals surface area (Å²) in [5.74, 6) is 0.887. The van der Waals surface area contributed by atoms with Crippen molar-refractivity contribution < 1.29 is 0 Å². The molecule has 0 aliphatic heterocycles. The van der Waals surface area contributed by atoms with E-state index in [-0.39, 0.29) is 0 Å². The monoisotopic (exact) mass is 197 g/mol. The van der Waals surface area contributed by atoms with E-state index in [0.717, 1.165) is 23.6 Å². The van der Waals surface area contributed by atoms with Crippen LogP contribution in [0, 0.1) is 11.3 Å². The summed E-state index contributed by atoms with van der Waals surface area (Å²) in [5, 5.41) is 8.01. The van der Waals surface area contributed by atoms with Crippen LogP contribution in [0.3, 0.4) is 0 Å². The molecule has 1 aromatic rings. The van der Waals surface area contributed by atoms with Gasteiger partial charge in [-0.05, 0) is 41.9 Å². The molecule has 0 saturated heterocycles. The van der Waals surface area contributed by atoms with Crippen LogP contribution in [-0.2, 0) is 6.42 Å². The van der Waals surface area contributed by atoms with E-state index in [0.29, 0.717) is 0 Å². The Labute approximate surface area is 90.3 Å². The Bertz CT molecular complexity index is 452. The average Bonchev–Trinajstić information content (AvgIpc) is 2.96. The molecule has 1 nitrogen and oxygen atoms in total. The molecule has 1 aromatic carbocycles. The number of fused-ring (bicyclic) bond motifs is 1. The molecule has 76 valence electrons. The van der Waals surface area contributed by atoms with Crippen LogP contribution < -0.4 is 0 Å². The minimum absolute atomic E-state index is 0.747. The highest BCUT2D eigenvalue weighted by molar-refractivity contribution is 6.13. The number of hydrogen-bond donors (Lipinski definition) is 1. The lowest BCUT2D eigenvalue weighted by Gasteiger charge is -2.07. The summed E-state index contributed by atoms with van der Waals surface area (Å²) in [5.41, 5.74) is 5.67. The Balaban J connectivity index is 2.07. The van der Waals surface area contributed by atoms with E-state index in [1.54, 1.807) is 0 Å². The summed E-state index contributed by atoms with van der Waals surface area (Å²) in [6.07, 6.45) is 4.66. The topological polar surface area (TPSA) is 23.9 Å². The Kier molecular flexibility index (Phi) is 1.82. The lowest BCUT2D eigenvalue weighted by Crippen LogP contribution is -2.00. The first-order valence-electron chi connectivity index (χ1n) is 5.63. The zero-order chi connectivity index (χ0) is 10.4. The summed E-state index contributed by atoms with van der Waals surface area (Å²) in [6.45, 7) is 4.04. The maximum Gasteiger partial charge on any atom is 0.0438 e. The van der Waals surface area contributed by atoms with Crippen LogP contribution in [0.25, 0.3) is 5.57 Å². The predicted octanol–water partition coefficient (Wildman–Crippen LogP) is 3.42. The van der Waals surface area contributed by atoms with Crippen LogP contribution in [-0.4, -0.2) is 5.71 Å². The van der Waals surface area contributed by atoms with E-state index in [2.05, 4.69) is 24.8 Å².